The van der Waals surface area contributed by atoms with Gasteiger partial charge < -0.3 is 14.6 Å². The molecule has 1 N–H and O–H groups in total. The molecule has 0 spiro atoms. The fourth-order valence-electron chi connectivity index (χ4n) is 5.11. The van der Waals surface area contributed by atoms with Gasteiger partial charge in [-0.2, -0.15) is 0 Å². The van der Waals surface area contributed by atoms with Crippen molar-refractivity contribution in [2.24, 2.45) is 5.41 Å². The van der Waals surface area contributed by atoms with Crippen LogP contribution in [-0.4, -0.2) is 34.7 Å². The van der Waals surface area contributed by atoms with Gasteiger partial charge in [0.2, 0.25) is 0 Å². The van der Waals surface area contributed by atoms with Gasteiger partial charge in [-0.05, 0) is 64.4 Å². The fraction of sp³-hybridized carbons (Fsp3) is 0.619. The van der Waals surface area contributed by atoms with Gasteiger partial charge in [0, 0.05) is 17.2 Å². The lowest BCUT2D eigenvalue weighted by molar-refractivity contribution is -0.160. The standard InChI is InChI=1S/C21H25N3O4/c1-12-11-14(15-16(13-3-4-13)24-28-18(15)22-12)17(25)23-21-8-5-20(6-9-21,7-10-21)19(26)27-2/h11,13H,3-10H2,1-2H3,(H,23,25). The van der Waals surface area contributed by atoms with Crippen LogP contribution in [0.4, 0.5) is 0 Å². The number of methoxy groups -OCH3 is 1. The van der Waals surface area contributed by atoms with E-state index in [4.69, 9.17) is 9.26 Å². The Bertz CT molecular complexity index is 951. The summed E-state index contributed by atoms with van der Waals surface area (Å²) in [6.45, 7) is 1.86. The third-order valence-electron chi connectivity index (χ3n) is 7.05. The molecule has 6 rings (SSSR count). The van der Waals surface area contributed by atoms with Crippen LogP contribution in [0.25, 0.3) is 11.1 Å². The highest BCUT2D eigenvalue weighted by Crippen LogP contribution is 2.53. The summed E-state index contributed by atoms with van der Waals surface area (Å²) in [5.74, 6) is 0.186. The maximum atomic E-state index is 13.3. The molecule has 2 aromatic rings. The molecule has 0 atom stereocenters. The summed E-state index contributed by atoms with van der Waals surface area (Å²) in [6.07, 6.45) is 6.88. The highest BCUT2D eigenvalue weighted by atomic mass is 16.5. The number of fused-ring (bicyclic) bond motifs is 4. The van der Waals surface area contributed by atoms with Crippen LogP contribution in [0.15, 0.2) is 10.6 Å². The third-order valence-corrected chi connectivity index (χ3v) is 7.05. The molecule has 2 heterocycles. The number of carbonyl (C=O) groups excluding carboxylic acids is 2. The van der Waals surface area contributed by atoms with E-state index in [1.165, 1.54) is 7.11 Å². The van der Waals surface area contributed by atoms with Crippen LogP contribution in [0.5, 0.6) is 0 Å². The number of pyridine rings is 1. The smallest absolute Gasteiger partial charge is 0.311 e. The van der Waals surface area contributed by atoms with Crippen molar-refractivity contribution >= 4 is 23.0 Å². The number of ether oxygens (including phenoxy) is 1. The van der Waals surface area contributed by atoms with Crippen molar-refractivity contribution in [1.82, 2.24) is 15.5 Å². The zero-order valence-corrected chi connectivity index (χ0v) is 16.3. The molecule has 4 saturated carbocycles. The Kier molecular flexibility index (Phi) is 3.80. The molecular formula is C21H25N3O4. The molecule has 7 nitrogen and oxygen atoms in total. The number of hydrogen-bond acceptors (Lipinski definition) is 6. The minimum absolute atomic E-state index is 0.0898. The predicted molar refractivity (Wildman–Crippen MR) is 101 cm³/mol. The summed E-state index contributed by atoms with van der Waals surface area (Å²) in [5.41, 5.74) is 2.06. The largest absolute Gasteiger partial charge is 0.469 e. The topological polar surface area (TPSA) is 94.3 Å². The van der Waals surface area contributed by atoms with Crippen LogP contribution in [-0.2, 0) is 9.53 Å². The fourth-order valence-corrected chi connectivity index (χ4v) is 5.11. The van der Waals surface area contributed by atoms with E-state index in [1.807, 2.05) is 13.0 Å². The molecule has 4 aliphatic carbocycles. The quantitative estimate of drug-likeness (QED) is 0.813. The Morgan fingerprint density at radius 1 is 1.18 bits per heavy atom. The molecule has 148 valence electrons. The number of esters is 1. The van der Waals surface area contributed by atoms with Crippen molar-refractivity contribution in [3.05, 3.63) is 23.0 Å². The first-order valence-corrected chi connectivity index (χ1v) is 10.1. The molecule has 0 radical (unpaired) electrons. The van der Waals surface area contributed by atoms with Crippen molar-refractivity contribution in [3.63, 3.8) is 0 Å². The van der Waals surface area contributed by atoms with Gasteiger partial charge in [0.1, 0.15) is 0 Å². The Morgan fingerprint density at radius 2 is 1.86 bits per heavy atom. The zero-order chi connectivity index (χ0) is 19.5. The minimum atomic E-state index is -0.352. The van der Waals surface area contributed by atoms with Crippen molar-refractivity contribution in [3.8, 4) is 0 Å². The maximum Gasteiger partial charge on any atom is 0.311 e. The van der Waals surface area contributed by atoms with E-state index in [0.29, 0.717) is 17.2 Å². The van der Waals surface area contributed by atoms with Gasteiger partial charge in [-0.25, -0.2) is 4.98 Å². The molecule has 28 heavy (non-hydrogen) atoms. The van der Waals surface area contributed by atoms with Gasteiger partial charge in [-0.1, -0.05) is 5.16 Å². The summed E-state index contributed by atoms with van der Waals surface area (Å²) in [7, 11) is 1.46. The summed E-state index contributed by atoms with van der Waals surface area (Å²) < 4.78 is 10.5. The Hall–Kier alpha value is -2.44. The van der Waals surface area contributed by atoms with Gasteiger partial charge in [0.05, 0.1) is 29.2 Å². The number of aromatic nitrogens is 2. The van der Waals surface area contributed by atoms with Gasteiger partial charge in [-0.3, -0.25) is 9.59 Å². The van der Waals surface area contributed by atoms with Crippen molar-refractivity contribution in [2.75, 3.05) is 7.11 Å². The van der Waals surface area contributed by atoms with E-state index in [1.54, 1.807) is 0 Å². The summed E-state index contributed by atoms with van der Waals surface area (Å²) in [4.78, 5) is 30.0. The average Bonchev–Trinajstić information content (AvgIpc) is 3.47. The lowest BCUT2D eigenvalue weighted by atomic mass is 9.57. The van der Waals surface area contributed by atoms with Crippen molar-refractivity contribution in [1.29, 1.82) is 0 Å². The molecule has 4 fully saturated rings. The van der Waals surface area contributed by atoms with E-state index in [2.05, 4.69) is 15.5 Å². The van der Waals surface area contributed by atoms with Crippen LogP contribution < -0.4 is 5.32 Å². The molecule has 2 bridgehead atoms. The number of carbonyl (C=O) groups is 2. The van der Waals surface area contributed by atoms with Gasteiger partial charge in [0.15, 0.2) is 0 Å². The number of hydrogen-bond donors (Lipinski definition) is 1. The van der Waals surface area contributed by atoms with Gasteiger partial charge in [0.25, 0.3) is 11.6 Å². The predicted octanol–water partition coefficient (Wildman–Crippen LogP) is 3.40. The molecule has 0 saturated heterocycles. The van der Waals surface area contributed by atoms with Crippen LogP contribution in [0.1, 0.15) is 79.0 Å². The van der Waals surface area contributed by atoms with Crippen LogP contribution >= 0.6 is 0 Å². The molecule has 0 aliphatic heterocycles. The number of nitrogens with zero attached hydrogens (tertiary/aromatic N) is 2. The Labute approximate surface area is 163 Å². The first-order valence-electron chi connectivity index (χ1n) is 10.1. The molecule has 4 aliphatic rings. The lowest BCUT2D eigenvalue weighted by Gasteiger charge is -2.52. The highest BCUT2D eigenvalue weighted by Gasteiger charge is 2.53. The highest BCUT2D eigenvalue weighted by molar-refractivity contribution is 6.06. The molecule has 7 heteroatoms. The molecule has 1 amide bonds. The summed E-state index contributed by atoms with van der Waals surface area (Å²) in [6, 6.07) is 1.84. The third kappa shape index (κ3) is 2.63. The summed E-state index contributed by atoms with van der Waals surface area (Å²) >= 11 is 0. The second-order valence-electron chi connectivity index (χ2n) is 8.84. The Morgan fingerprint density at radius 3 is 2.46 bits per heavy atom. The van der Waals surface area contributed by atoms with E-state index in [-0.39, 0.29) is 22.8 Å². The van der Waals surface area contributed by atoms with Crippen LogP contribution in [0.3, 0.4) is 0 Å². The second-order valence-corrected chi connectivity index (χ2v) is 8.84. The lowest BCUT2D eigenvalue weighted by Crippen LogP contribution is -2.58. The van der Waals surface area contributed by atoms with E-state index >= 15 is 0 Å². The molecular weight excluding hydrogens is 358 g/mol. The van der Waals surface area contributed by atoms with E-state index < -0.39 is 0 Å². The van der Waals surface area contributed by atoms with Crippen LogP contribution in [0, 0.1) is 12.3 Å². The number of amides is 1. The average molecular weight is 383 g/mol. The SMILES string of the molecule is COC(=O)C12CCC(NC(=O)c3cc(C)nc4onc(C5CC5)c34)(CC1)CC2. The van der Waals surface area contributed by atoms with E-state index in [9.17, 15) is 9.59 Å². The maximum absolute atomic E-state index is 13.3. The number of nitrogens with one attached hydrogen (secondary N) is 1. The first-order chi connectivity index (χ1) is 13.5. The normalized spacial score (nSPS) is 29.1. The number of rotatable bonds is 4. The zero-order valence-electron chi connectivity index (χ0n) is 16.3. The second kappa shape index (κ2) is 6.03. The van der Waals surface area contributed by atoms with Crippen molar-refractivity contribution in [2.45, 2.75) is 69.7 Å². The minimum Gasteiger partial charge on any atom is -0.469 e. The van der Waals surface area contributed by atoms with Gasteiger partial charge >= 0.3 is 5.97 Å². The summed E-state index contributed by atoms with van der Waals surface area (Å²) in [5, 5.41) is 8.28. The van der Waals surface area contributed by atoms with E-state index in [0.717, 1.165) is 68.1 Å². The van der Waals surface area contributed by atoms with Gasteiger partial charge in [-0.15, -0.1) is 0 Å². The molecule has 2 aromatic heterocycles. The molecule has 0 aromatic carbocycles. The first kappa shape index (κ1) is 17.6. The molecule has 0 unspecified atom stereocenters. The van der Waals surface area contributed by atoms with Crippen molar-refractivity contribution < 1.29 is 18.8 Å². The monoisotopic (exact) mass is 383 g/mol. The number of aryl methyl sites for hydroxylation is 1. The van der Waals surface area contributed by atoms with Crippen LogP contribution in [0.2, 0.25) is 0 Å². The Balaban J connectivity index is 1.43.